The van der Waals surface area contributed by atoms with Crippen molar-refractivity contribution in [1.29, 1.82) is 0 Å². The van der Waals surface area contributed by atoms with Gasteiger partial charge in [-0.3, -0.25) is 4.40 Å². The van der Waals surface area contributed by atoms with Crippen LogP contribution in [0.2, 0.25) is 5.15 Å². The molecule has 1 unspecified atom stereocenters. The van der Waals surface area contributed by atoms with E-state index in [-0.39, 0.29) is 16.2 Å². The van der Waals surface area contributed by atoms with Gasteiger partial charge in [0.1, 0.15) is 5.65 Å². The van der Waals surface area contributed by atoms with E-state index in [1.807, 2.05) is 6.92 Å². The maximum absolute atomic E-state index is 12.9. The average Bonchev–Trinajstić information content (AvgIpc) is 2.75. The summed E-state index contributed by atoms with van der Waals surface area (Å²) in [5.74, 6) is 0. The van der Waals surface area contributed by atoms with Crippen molar-refractivity contribution in [2.24, 2.45) is 0 Å². The molecular weight excluding hydrogens is 298 g/mol. The normalized spacial score (nSPS) is 21.4. The molecule has 0 radical (unpaired) electrons. The fourth-order valence-corrected chi connectivity index (χ4v) is 5.02. The number of sulfonamides is 1. The summed E-state index contributed by atoms with van der Waals surface area (Å²) in [6.45, 7) is 2.48. The van der Waals surface area contributed by atoms with E-state index in [9.17, 15) is 8.42 Å². The van der Waals surface area contributed by atoms with Gasteiger partial charge in [0.15, 0.2) is 10.2 Å². The molecule has 2 aromatic rings. The summed E-state index contributed by atoms with van der Waals surface area (Å²) in [7, 11) is -3.62. The molecule has 0 aromatic carbocycles. The Bertz CT molecular complexity index is 741. The highest BCUT2D eigenvalue weighted by Crippen LogP contribution is 2.29. The van der Waals surface area contributed by atoms with Crippen molar-refractivity contribution in [3.63, 3.8) is 0 Å². The van der Waals surface area contributed by atoms with E-state index in [1.165, 1.54) is 0 Å². The van der Waals surface area contributed by atoms with Crippen LogP contribution in [0, 0.1) is 0 Å². The van der Waals surface area contributed by atoms with E-state index in [4.69, 9.17) is 11.6 Å². The second-order valence-electron chi connectivity index (χ2n) is 5.10. The van der Waals surface area contributed by atoms with Gasteiger partial charge in [0.2, 0.25) is 0 Å². The first-order valence-corrected chi connectivity index (χ1v) is 8.48. The van der Waals surface area contributed by atoms with Crippen LogP contribution in [-0.2, 0) is 10.0 Å². The highest BCUT2D eigenvalue weighted by molar-refractivity contribution is 7.89. The molecule has 2 aromatic heterocycles. The Balaban J connectivity index is 2.16. The van der Waals surface area contributed by atoms with E-state index in [0.717, 1.165) is 19.3 Å². The van der Waals surface area contributed by atoms with E-state index >= 15 is 0 Å². The van der Waals surface area contributed by atoms with Crippen LogP contribution in [-0.4, -0.2) is 34.7 Å². The molecule has 0 amide bonds. The first kappa shape index (κ1) is 13.9. The fraction of sp³-hybridized carbons (Fsp3) is 0.462. The highest BCUT2D eigenvalue weighted by atomic mass is 35.5. The zero-order chi connectivity index (χ0) is 14.3. The Morgan fingerprint density at radius 2 is 2.15 bits per heavy atom. The van der Waals surface area contributed by atoms with Crippen molar-refractivity contribution in [3.05, 3.63) is 29.5 Å². The lowest BCUT2D eigenvalue weighted by Gasteiger charge is -2.31. The molecule has 5 nitrogen and oxygen atoms in total. The molecule has 0 aliphatic carbocycles. The largest absolute Gasteiger partial charge is 0.288 e. The number of halogens is 1. The average molecular weight is 314 g/mol. The molecule has 0 N–H and O–H groups in total. The topological polar surface area (TPSA) is 54.7 Å². The van der Waals surface area contributed by atoms with Crippen molar-refractivity contribution in [3.8, 4) is 0 Å². The molecule has 20 heavy (non-hydrogen) atoms. The lowest BCUT2D eigenvalue weighted by Crippen LogP contribution is -2.42. The minimum atomic E-state index is -3.62. The molecule has 1 aliphatic heterocycles. The molecule has 0 saturated carbocycles. The predicted molar refractivity (Wildman–Crippen MR) is 77.4 cm³/mol. The first-order chi connectivity index (χ1) is 9.51. The second-order valence-corrected chi connectivity index (χ2v) is 7.26. The molecule has 1 atom stereocenters. The smallest absolute Gasteiger partial charge is 0.262 e. The minimum Gasteiger partial charge on any atom is -0.288 e. The number of hydrogen-bond donors (Lipinski definition) is 0. The van der Waals surface area contributed by atoms with E-state index < -0.39 is 10.0 Å². The van der Waals surface area contributed by atoms with Crippen LogP contribution in [0.15, 0.2) is 29.4 Å². The second kappa shape index (κ2) is 5.02. The number of hydrogen-bond acceptors (Lipinski definition) is 3. The van der Waals surface area contributed by atoms with Crippen LogP contribution >= 0.6 is 11.6 Å². The third kappa shape index (κ3) is 2.12. The Morgan fingerprint density at radius 3 is 2.90 bits per heavy atom. The van der Waals surface area contributed by atoms with Crippen molar-refractivity contribution < 1.29 is 8.42 Å². The standard InChI is InChI=1S/C13H16ClN3O2S/c1-10-6-2-5-9-17(10)20(18,19)13-12(14)15-11-7-3-4-8-16(11)13/h3-4,7-8,10H,2,5-6,9H2,1H3. The maximum Gasteiger partial charge on any atom is 0.262 e. The van der Waals surface area contributed by atoms with E-state index in [1.54, 1.807) is 33.1 Å². The minimum absolute atomic E-state index is 0.000853. The molecule has 0 spiro atoms. The van der Waals surface area contributed by atoms with E-state index in [2.05, 4.69) is 4.98 Å². The van der Waals surface area contributed by atoms with Gasteiger partial charge in [-0.15, -0.1) is 0 Å². The lowest BCUT2D eigenvalue weighted by atomic mass is 10.1. The summed E-state index contributed by atoms with van der Waals surface area (Å²) >= 11 is 6.08. The van der Waals surface area contributed by atoms with Crippen molar-refractivity contribution >= 4 is 27.3 Å². The number of imidazole rings is 1. The van der Waals surface area contributed by atoms with Gasteiger partial charge in [0, 0.05) is 18.8 Å². The number of aromatic nitrogens is 2. The van der Waals surface area contributed by atoms with Gasteiger partial charge in [-0.05, 0) is 31.9 Å². The Hall–Kier alpha value is -1.11. The van der Waals surface area contributed by atoms with Crippen molar-refractivity contribution in [1.82, 2.24) is 13.7 Å². The molecule has 7 heteroatoms. The van der Waals surface area contributed by atoms with Gasteiger partial charge >= 0.3 is 0 Å². The molecule has 1 saturated heterocycles. The van der Waals surface area contributed by atoms with Crippen LogP contribution < -0.4 is 0 Å². The van der Waals surface area contributed by atoms with Gasteiger partial charge in [0.05, 0.1) is 0 Å². The van der Waals surface area contributed by atoms with Crippen LogP contribution in [0.5, 0.6) is 0 Å². The zero-order valence-electron chi connectivity index (χ0n) is 11.2. The van der Waals surface area contributed by atoms with Gasteiger partial charge in [-0.2, -0.15) is 4.31 Å². The first-order valence-electron chi connectivity index (χ1n) is 6.66. The molecule has 3 rings (SSSR count). The summed E-state index contributed by atoms with van der Waals surface area (Å²) < 4.78 is 28.8. The Kier molecular flexibility index (Phi) is 3.48. The Morgan fingerprint density at radius 1 is 1.35 bits per heavy atom. The molecule has 1 fully saturated rings. The maximum atomic E-state index is 12.9. The van der Waals surface area contributed by atoms with Gasteiger partial charge in [-0.1, -0.05) is 24.1 Å². The number of pyridine rings is 1. The summed E-state index contributed by atoms with van der Waals surface area (Å²) in [6.07, 6.45) is 4.51. The summed E-state index contributed by atoms with van der Waals surface area (Å²) in [5, 5.41) is 0.109. The van der Waals surface area contributed by atoms with Crippen molar-refractivity contribution in [2.45, 2.75) is 37.3 Å². The van der Waals surface area contributed by atoms with Crippen LogP contribution in [0.25, 0.3) is 5.65 Å². The predicted octanol–water partition coefficient (Wildman–Crippen LogP) is 2.55. The highest BCUT2D eigenvalue weighted by Gasteiger charge is 2.35. The zero-order valence-corrected chi connectivity index (χ0v) is 12.7. The van der Waals surface area contributed by atoms with Crippen LogP contribution in [0.4, 0.5) is 0 Å². The van der Waals surface area contributed by atoms with Gasteiger partial charge < -0.3 is 0 Å². The third-order valence-electron chi connectivity index (χ3n) is 3.74. The fourth-order valence-electron chi connectivity index (χ4n) is 2.72. The van der Waals surface area contributed by atoms with Gasteiger partial charge in [-0.25, -0.2) is 13.4 Å². The van der Waals surface area contributed by atoms with Crippen LogP contribution in [0.3, 0.4) is 0 Å². The molecular formula is C13H16ClN3O2S. The number of rotatable bonds is 2. The quantitative estimate of drug-likeness (QED) is 0.856. The number of piperidine rings is 1. The molecule has 108 valence electrons. The number of fused-ring (bicyclic) bond motifs is 1. The monoisotopic (exact) mass is 313 g/mol. The molecule has 0 bridgehead atoms. The third-order valence-corrected chi connectivity index (χ3v) is 6.16. The Labute approximate surface area is 123 Å². The summed E-state index contributed by atoms with van der Waals surface area (Å²) in [5.41, 5.74) is 0.542. The number of nitrogens with zero attached hydrogens (tertiary/aromatic N) is 3. The SMILES string of the molecule is CC1CCCCN1S(=O)(=O)c1c(Cl)nc2ccccn12. The summed E-state index contributed by atoms with van der Waals surface area (Å²) in [4.78, 5) is 4.12. The van der Waals surface area contributed by atoms with Gasteiger partial charge in [0.25, 0.3) is 10.0 Å². The molecule has 1 aliphatic rings. The molecule has 3 heterocycles. The van der Waals surface area contributed by atoms with E-state index in [0.29, 0.717) is 12.2 Å². The van der Waals surface area contributed by atoms with Crippen molar-refractivity contribution in [2.75, 3.05) is 6.54 Å². The lowest BCUT2D eigenvalue weighted by molar-refractivity contribution is 0.268. The van der Waals surface area contributed by atoms with Crippen LogP contribution in [0.1, 0.15) is 26.2 Å². The summed E-state index contributed by atoms with van der Waals surface area (Å²) in [6, 6.07) is 5.31.